The molecule has 1 unspecified atom stereocenters. The lowest BCUT2D eigenvalue weighted by molar-refractivity contribution is 0.0384. The van der Waals surface area contributed by atoms with E-state index in [1.165, 1.54) is 25.7 Å². The van der Waals surface area contributed by atoms with Crippen molar-refractivity contribution in [2.24, 2.45) is 11.7 Å². The first kappa shape index (κ1) is 14.0. The highest BCUT2D eigenvalue weighted by Crippen LogP contribution is 2.43. The molecule has 0 amide bonds. The molecule has 3 rings (SSSR count). The van der Waals surface area contributed by atoms with Gasteiger partial charge in [-0.3, -0.25) is 0 Å². The maximum absolute atomic E-state index is 6.52. The van der Waals surface area contributed by atoms with Gasteiger partial charge in [0.15, 0.2) is 0 Å². The number of nitrogens with zero attached hydrogens (tertiary/aromatic N) is 2. The van der Waals surface area contributed by atoms with E-state index < -0.39 is 5.54 Å². The van der Waals surface area contributed by atoms with Gasteiger partial charge < -0.3 is 15.0 Å². The van der Waals surface area contributed by atoms with Gasteiger partial charge in [0.25, 0.3) is 0 Å². The lowest BCUT2D eigenvalue weighted by Gasteiger charge is -2.22. The summed E-state index contributed by atoms with van der Waals surface area (Å²) in [5, 5.41) is 4.16. The Morgan fingerprint density at radius 2 is 2.00 bits per heavy atom. The Balaban J connectivity index is 1.77. The molecule has 0 aromatic carbocycles. The molecule has 0 bridgehead atoms. The predicted octanol–water partition coefficient (Wildman–Crippen LogP) is 3.07. The van der Waals surface area contributed by atoms with Gasteiger partial charge in [0.2, 0.25) is 11.7 Å². The molecule has 1 aromatic rings. The minimum Gasteiger partial charge on any atom is -0.370 e. The molecule has 2 saturated carbocycles. The third-order valence-corrected chi connectivity index (χ3v) is 4.51. The van der Waals surface area contributed by atoms with Gasteiger partial charge in [0, 0.05) is 6.61 Å². The van der Waals surface area contributed by atoms with Crippen molar-refractivity contribution in [3.8, 4) is 0 Å². The van der Waals surface area contributed by atoms with Crippen molar-refractivity contribution in [3.05, 3.63) is 11.7 Å². The first-order valence-electron chi connectivity index (χ1n) is 7.97. The van der Waals surface area contributed by atoms with Crippen LogP contribution in [0.25, 0.3) is 0 Å². The van der Waals surface area contributed by atoms with Gasteiger partial charge >= 0.3 is 0 Å². The quantitative estimate of drug-likeness (QED) is 0.838. The van der Waals surface area contributed by atoms with E-state index in [0.717, 1.165) is 25.7 Å². The van der Waals surface area contributed by atoms with Gasteiger partial charge in [0.1, 0.15) is 6.10 Å². The number of hydrogen-bond donors (Lipinski definition) is 1. The summed E-state index contributed by atoms with van der Waals surface area (Å²) in [6.45, 7) is 2.69. The van der Waals surface area contributed by atoms with Gasteiger partial charge in [-0.1, -0.05) is 30.8 Å². The van der Waals surface area contributed by atoms with Crippen molar-refractivity contribution in [1.29, 1.82) is 0 Å². The molecule has 0 aliphatic heterocycles. The number of hydrogen-bond acceptors (Lipinski definition) is 5. The van der Waals surface area contributed by atoms with Crippen LogP contribution in [0.15, 0.2) is 4.52 Å². The Hall–Kier alpha value is -0.940. The second kappa shape index (κ2) is 5.82. The number of nitrogens with two attached hydrogens (primary N) is 1. The highest BCUT2D eigenvalue weighted by molar-refractivity contribution is 5.06. The minimum absolute atomic E-state index is 0.00752. The monoisotopic (exact) mass is 279 g/mol. The van der Waals surface area contributed by atoms with E-state index in [9.17, 15) is 0 Å². The van der Waals surface area contributed by atoms with E-state index in [1.807, 2.05) is 6.92 Å². The van der Waals surface area contributed by atoms with E-state index in [4.69, 9.17) is 15.0 Å². The van der Waals surface area contributed by atoms with Crippen molar-refractivity contribution in [2.45, 2.75) is 69.9 Å². The highest BCUT2D eigenvalue weighted by atomic mass is 16.5. The summed E-state index contributed by atoms with van der Waals surface area (Å²) in [5.74, 6) is 1.86. The fourth-order valence-electron chi connectivity index (χ4n) is 3.13. The summed E-state index contributed by atoms with van der Waals surface area (Å²) in [4.78, 5) is 4.60. The Kier molecular flexibility index (Phi) is 4.08. The van der Waals surface area contributed by atoms with Crippen LogP contribution in [0.1, 0.15) is 76.1 Å². The van der Waals surface area contributed by atoms with E-state index in [-0.39, 0.29) is 6.10 Å². The van der Waals surface area contributed by atoms with E-state index >= 15 is 0 Å². The summed E-state index contributed by atoms with van der Waals surface area (Å²) in [7, 11) is 0. The molecular weight excluding hydrogens is 254 g/mol. The normalized spacial score (nSPS) is 24.3. The van der Waals surface area contributed by atoms with Crippen molar-refractivity contribution in [1.82, 2.24) is 10.1 Å². The first-order chi connectivity index (χ1) is 9.73. The SMILES string of the molecule is CCOC(c1noc(C2(N)CCCCCC2)n1)C1CC1. The van der Waals surface area contributed by atoms with E-state index in [2.05, 4.69) is 10.1 Å². The molecule has 2 aliphatic rings. The van der Waals surface area contributed by atoms with Gasteiger partial charge in [0.05, 0.1) is 5.54 Å². The standard InChI is InChI=1S/C15H25N3O2/c1-2-19-12(11-7-8-11)13-17-14(20-18-13)15(16)9-5-3-4-6-10-15/h11-12H,2-10,16H2,1H3. The molecule has 5 heteroatoms. The molecule has 5 nitrogen and oxygen atoms in total. The third kappa shape index (κ3) is 2.88. The molecule has 0 saturated heterocycles. The van der Waals surface area contributed by atoms with Crippen LogP contribution < -0.4 is 5.73 Å². The van der Waals surface area contributed by atoms with Crippen molar-refractivity contribution in [3.63, 3.8) is 0 Å². The minimum atomic E-state index is -0.429. The smallest absolute Gasteiger partial charge is 0.246 e. The molecule has 20 heavy (non-hydrogen) atoms. The van der Waals surface area contributed by atoms with Crippen LogP contribution in [0.4, 0.5) is 0 Å². The molecule has 2 N–H and O–H groups in total. The van der Waals surface area contributed by atoms with Crippen LogP contribution >= 0.6 is 0 Å². The maximum Gasteiger partial charge on any atom is 0.246 e. The van der Waals surface area contributed by atoms with Crippen molar-refractivity contribution in [2.75, 3.05) is 6.61 Å². The summed E-state index contributed by atoms with van der Waals surface area (Å²) in [6.07, 6.45) is 9.07. The van der Waals surface area contributed by atoms with Gasteiger partial charge in [-0.2, -0.15) is 4.98 Å². The van der Waals surface area contributed by atoms with Crippen LogP contribution in [0.2, 0.25) is 0 Å². The van der Waals surface area contributed by atoms with Gasteiger partial charge in [-0.05, 0) is 38.5 Å². The number of rotatable bonds is 5. The second-order valence-corrected chi connectivity index (χ2v) is 6.24. The molecule has 2 aliphatic carbocycles. The zero-order valence-electron chi connectivity index (χ0n) is 12.3. The summed E-state index contributed by atoms with van der Waals surface area (Å²) in [5.41, 5.74) is 6.09. The molecular formula is C15H25N3O2. The first-order valence-corrected chi connectivity index (χ1v) is 7.97. The third-order valence-electron chi connectivity index (χ3n) is 4.51. The highest BCUT2D eigenvalue weighted by Gasteiger charge is 2.39. The van der Waals surface area contributed by atoms with Crippen LogP contribution in [0.5, 0.6) is 0 Å². The zero-order chi connectivity index (χ0) is 14.0. The van der Waals surface area contributed by atoms with E-state index in [0.29, 0.717) is 24.2 Å². The fourth-order valence-corrected chi connectivity index (χ4v) is 3.13. The Morgan fingerprint density at radius 3 is 2.60 bits per heavy atom. The number of aromatic nitrogens is 2. The number of ether oxygens (including phenoxy) is 1. The second-order valence-electron chi connectivity index (χ2n) is 6.24. The molecule has 112 valence electrons. The molecule has 1 heterocycles. The van der Waals surface area contributed by atoms with E-state index in [1.54, 1.807) is 0 Å². The summed E-state index contributed by atoms with van der Waals surface area (Å²) >= 11 is 0. The Bertz CT molecular complexity index is 434. The van der Waals surface area contributed by atoms with Crippen LogP contribution in [0, 0.1) is 5.92 Å². The molecule has 0 radical (unpaired) electrons. The maximum atomic E-state index is 6.52. The average molecular weight is 279 g/mol. The zero-order valence-corrected chi connectivity index (χ0v) is 12.3. The fraction of sp³-hybridized carbons (Fsp3) is 0.867. The lowest BCUT2D eigenvalue weighted by atomic mass is 9.91. The van der Waals surface area contributed by atoms with Crippen LogP contribution in [-0.4, -0.2) is 16.7 Å². The van der Waals surface area contributed by atoms with Gasteiger partial charge in [-0.15, -0.1) is 0 Å². The Morgan fingerprint density at radius 1 is 1.30 bits per heavy atom. The van der Waals surface area contributed by atoms with Crippen molar-refractivity contribution >= 4 is 0 Å². The molecule has 0 spiro atoms. The molecule has 2 fully saturated rings. The Labute approximate surface area is 120 Å². The van der Waals surface area contributed by atoms with Crippen LogP contribution in [-0.2, 0) is 10.3 Å². The molecule has 1 aromatic heterocycles. The van der Waals surface area contributed by atoms with Gasteiger partial charge in [-0.25, -0.2) is 0 Å². The summed E-state index contributed by atoms with van der Waals surface area (Å²) in [6, 6.07) is 0. The lowest BCUT2D eigenvalue weighted by Crippen LogP contribution is -2.36. The largest absolute Gasteiger partial charge is 0.370 e. The van der Waals surface area contributed by atoms with Crippen LogP contribution in [0.3, 0.4) is 0 Å². The average Bonchev–Trinajstić information content (AvgIpc) is 3.20. The summed E-state index contributed by atoms with van der Waals surface area (Å²) < 4.78 is 11.3. The topological polar surface area (TPSA) is 74.2 Å². The van der Waals surface area contributed by atoms with Crippen molar-refractivity contribution < 1.29 is 9.26 Å². The molecule has 1 atom stereocenters. The predicted molar refractivity (Wildman–Crippen MR) is 75.0 cm³/mol.